The Morgan fingerprint density at radius 2 is 1.73 bits per heavy atom. The van der Waals surface area contributed by atoms with E-state index in [2.05, 4.69) is 9.05 Å². The molecule has 0 bridgehead atoms. The van der Waals surface area contributed by atoms with Gasteiger partial charge in [0.05, 0.1) is 6.61 Å². The first-order valence-corrected chi connectivity index (χ1v) is 8.02. The number of hydrogen-bond donors (Lipinski definition) is 6. The van der Waals surface area contributed by atoms with E-state index < -0.39 is 53.0 Å². The molecule has 1 aliphatic heterocycles. The fourth-order valence-electron chi connectivity index (χ4n) is 1.59. The first-order valence-electron chi connectivity index (χ1n) is 5.00. The molecule has 128 valence electrons. The number of aliphatic hydroxyl groups excluding tert-OH is 3. The zero-order chi connectivity index (χ0) is 15.8. The summed E-state index contributed by atoms with van der Waals surface area (Å²) in [5.74, 6) is -2.70. The quantitative estimate of drug-likeness (QED) is 0.186. The van der Waals surface area contributed by atoms with E-state index in [-0.39, 0.29) is 35.0 Å². The fraction of sp³-hybridized carbons (Fsp3) is 1.00. The number of hydrogen-bond acceptors (Lipinski definition) is 9. The molecule has 0 saturated carbocycles. The van der Waals surface area contributed by atoms with E-state index in [0.717, 1.165) is 0 Å². The second-order valence-corrected chi connectivity index (χ2v) is 6.27. The van der Waals surface area contributed by atoms with Crippen molar-refractivity contribution < 1.29 is 92.8 Å². The molecule has 1 heterocycles. The summed E-state index contributed by atoms with van der Waals surface area (Å²) >= 11 is 0. The molecule has 13 nitrogen and oxygen atoms in total. The summed E-state index contributed by atoms with van der Waals surface area (Å²) in [4.78, 5) is 36.2. The number of aliphatic hydroxyl groups is 3. The van der Waals surface area contributed by atoms with Crippen molar-refractivity contribution in [2.75, 3.05) is 13.2 Å². The van der Waals surface area contributed by atoms with Crippen molar-refractivity contribution in [3.8, 4) is 0 Å². The SMILES string of the molecule is O.O=P([O-])(O)O[C@]1(CO)O[C@H](COP(=O)(O)O)[C@@H](O)[C@@H]1O.[Na+]. The maximum Gasteiger partial charge on any atom is 1.00 e. The summed E-state index contributed by atoms with van der Waals surface area (Å²) < 4.78 is 33.9. The summed E-state index contributed by atoms with van der Waals surface area (Å²) in [5, 5.41) is 28.2. The predicted octanol–water partition coefficient (Wildman–Crippen LogP) is -7.44. The largest absolute Gasteiger partial charge is 1.00 e. The normalized spacial score (nSPS) is 34.4. The summed E-state index contributed by atoms with van der Waals surface area (Å²) in [5.41, 5.74) is 0. The Hall–Kier alpha value is 1.02. The Labute approximate surface area is 145 Å². The van der Waals surface area contributed by atoms with Crippen molar-refractivity contribution >= 4 is 15.6 Å². The summed E-state index contributed by atoms with van der Waals surface area (Å²) in [6.07, 6.45) is -5.62. The van der Waals surface area contributed by atoms with Gasteiger partial charge in [-0.25, -0.2) is 4.57 Å². The van der Waals surface area contributed by atoms with Crippen LogP contribution in [0.4, 0.5) is 0 Å². The van der Waals surface area contributed by atoms with Gasteiger partial charge in [-0.1, -0.05) is 0 Å². The molecule has 0 aliphatic carbocycles. The first-order chi connectivity index (χ1) is 8.90. The smallest absolute Gasteiger partial charge is 0.756 e. The molecule has 0 amide bonds. The van der Waals surface area contributed by atoms with Crippen LogP contribution in [0.5, 0.6) is 0 Å². The van der Waals surface area contributed by atoms with Gasteiger partial charge >= 0.3 is 37.4 Å². The van der Waals surface area contributed by atoms with Gasteiger partial charge in [0, 0.05) is 0 Å². The van der Waals surface area contributed by atoms with Gasteiger partial charge in [0.2, 0.25) is 5.79 Å². The minimum atomic E-state index is -5.44. The van der Waals surface area contributed by atoms with Crippen LogP contribution in [0.2, 0.25) is 0 Å². The molecule has 1 aliphatic rings. The maximum absolute atomic E-state index is 10.6. The standard InChI is InChI=1S/C6H14O12P2.Na.H2O/c7-2-6(18-20(13,14)15)5(9)4(8)3(17-6)1-16-19(10,11)12;;/h3-5,7-9H,1-2H2,(H2,10,11,12)(H2,13,14,15);;1H2/q;+1;/p-1/t3-,4-,5+,6+;;/m1../s1. The van der Waals surface area contributed by atoms with Crippen LogP contribution in [-0.4, -0.2) is 72.8 Å². The van der Waals surface area contributed by atoms with Crippen LogP contribution >= 0.6 is 15.6 Å². The van der Waals surface area contributed by atoms with Crippen LogP contribution in [0.25, 0.3) is 0 Å². The molecular formula is C6H15NaO13P2. The van der Waals surface area contributed by atoms with Crippen molar-refractivity contribution in [1.29, 1.82) is 0 Å². The monoisotopic (exact) mass is 380 g/mol. The molecule has 8 N–H and O–H groups in total. The molecule has 0 spiro atoms. The minimum Gasteiger partial charge on any atom is -0.756 e. The summed E-state index contributed by atoms with van der Waals surface area (Å²) in [6, 6.07) is 0. The van der Waals surface area contributed by atoms with E-state index in [1.807, 2.05) is 0 Å². The third-order valence-corrected chi connectivity index (χ3v) is 3.43. The molecule has 1 saturated heterocycles. The number of rotatable bonds is 6. The fourth-order valence-corrected chi connectivity index (χ4v) is 2.53. The van der Waals surface area contributed by atoms with E-state index in [1.165, 1.54) is 0 Å². The van der Waals surface area contributed by atoms with Gasteiger partial charge in [-0.2, -0.15) is 0 Å². The van der Waals surface area contributed by atoms with Gasteiger partial charge in [0.25, 0.3) is 7.82 Å². The van der Waals surface area contributed by atoms with Gasteiger partial charge in [0.1, 0.15) is 24.9 Å². The van der Waals surface area contributed by atoms with Crippen LogP contribution < -0.4 is 34.5 Å². The Kier molecular flexibility index (Phi) is 10.2. The Morgan fingerprint density at radius 1 is 1.23 bits per heavy atom. The van der Waals surface area contributed by atoms with Gasteiger partial charge in [0.15, 0.2) is 0 Å². The average molecular weight is 380 g/mol. The zero-order valence-corrected chi connectivity index (χ0v) is 15.0. The van der Waals surface area contributed by atoms with E-state index in [1.54, 1.807) is 0 Å². The topological polar surface area (TPSA) is 238 Å². The van der Waals surface area contributed by atoms with Crippen LogP contribution in [-0.2, 0) is 22.9 Å². The zero-order valence-electron chi connectivity index (χ0n) is 11.2. The molecule has 5 atom stereocenters. The molecule has 1 rings (SSSR count). The summed E-state index contributed by atoms with van der Waals surface area (Å²) in [7, 11) is -10.3. The van der Waals surface area contributed by atoms with Gasteiger partial charge in [-0.15, -0.1) is 0 Å². The molecule has 22 heavy (non-hydrogen) atoms. The van der Waals surface area contributed by atoms with E-state index >= 15 is 0 Å². The summed E-state index contributed by atoms with van der Waals surface area (Å²) in [6.45, 7) is -2.20. The Morgan fingerprint density at radius 3 is 2.09 bits per heavy atom. The van der Waals surface area contributed by atoms with Crippen molar-refractivity contribution in [2.24, 2.45) is 0 Å². The van der Waals surface area contributed by atoms with Crippen LogP contribution in [0.1, 0.15) is 0 Å². The van der Waals surface area contributed by atoms with Crippen LogP contribution in [0.15, 0.2) is 0 Å². The van der Waals surface area contributed by atoms with Gasteiger partial charge in [-0.05, 0) is 0 Å². The molecule has 1 fully saturated rings. The third kappa shape index (κ3) is 6.87. The van der Waals surface area contributed by atoms with Crippen molar-refractivity contribution in [3.63, 3.8) is 0 Å². The van der Waals surface area contributed by atoms with Crippen molar-refractivity contribution in [1.82, 2.24) is 0 Å². The molecule has 16 heteroatoms. The Balaban J connectivity index is 0. The maximum atomic E-state index is 10.6. The van der Waals surface area contributed by atoms with Gasteiger partial charge in [-0.3, -0.25) is 13.6 Å². The molecular weight excluding hydrogens is 365 g/mol. The average Bonchev–Trinajstić information content (AvgIpc) is 2.49. The molecule has 0 aromatic carbocycles. The number of phosphoric acid groups is 2. The Bertz CT molecular complexity index is 434. The van der Waals surface area contributed by atoms with E-state index in [9.17, 15) is 24.2 Å². The molecule has 0 aromatic heterocycles. The van der Waals surface area contributed by atoms with E-state index in [0.29, 0.717) is 0 Å². The third-order valence-electron chi connectivity index (χ3n) is 2.40. The second kappa shape index (κ2) is 8.92. The number of phosphoric ester groups is 2. The predicted molar refractivity (Wildman–Crippen MR) is 59.2 cm³/mol. The van der Waals surface area contributed by atoms with Crippen molar-refractivity contribution in [2.45, 2.75) is 24.1 Å². The number of ether oxygens (including phenoxy) is 1. The van der Waals surface area contributed by atoms with E-state index in [4.69, 9.17) is 24.5 Å². The van der Waals surface area contributed by atoms with Crippen molar-refractivity contribution in [3.05, 3.63) is 0 Å². The van der Waals surface area contributed by atoms with Crippen LogP contribution in [0, 0.1) is 0 Å². The first kappa shape index (κ1) is 25.3. The molecule has 0 aromatic rings. The van der Waals surface area contributed by atoms with Gasteiger partial charge < -0.3 is 45.1 Å². The molecule has 1 unspecified atom stereocenters. The minimum absolute atomic E-state index is 0. The van der Waals surface area contributed by atoms with Crippen LogP contribution in [0.3, 0.4) is 0 Å². The molecule has 0 radical (unpaired) electrons. The second-order valence-electron chi connectivity index (χ2n) is 3.91.